The second kappa shape index (κ2) is 5.54. The van der Waals surface area contributed by atoms with Gasteiger partial charge in [0, 0.05) is 0 Å². The predicted octanol–water partition coefficient (Wildman–Crippen LogP) is 2.97. The maximum Gasteiger partial charge on any atom is 0.119 e. The number of nitrogens with one attached hydrogen (secondary N) is 1. The van der Waals surface area contributed by atoms with Crippen LogP contribution in [0.3, 0.4) is 0 Å². The van der Waals surface area contributed by atoms with Gasteiger partial charge < -0.3 is 10.1 Å². The molecule has 1 aliphatic rings. The van der Waals surface area contributed by atoms with E-state index in [0.29, 0.717) is 5.92 Å². The SMILES string of the molecule is CNCCC1CCc2ccc(OC)cc2C1C. The Balaban J connectivity index is 2.18. The molecule has 0 fully saturated rings. The fourth-order valence-corrected chi connectivity index (χ4v) is 2.92. The number of hydrogen-bond donors (Lipinski definition) is 1. The lowest BCUT2D eigenvalue weighted by molar-refractivity contribution is 0.359. The van der Waals surface area contributed by atoms with Gasteiger partial charge >= 0.3 is 0 Å². The van der Waals surface area contributed by atoms with Crippen LogP contribution in [0.1, 0.15) is 36.8 Å². The van der Waals surface area contributed by atoms with Gasteiger partial charge in [-0.1, -0.05) is 13.0 Å². The topological polar surface area (TPSA) is 21.3 Å². The minimum Gasteiger partial charge on any atom is -0.497 e. The van der Waals surface area contributed by atoms with E-state index in [-0.39, 0.29) is 0 Å². The van der Waals surface area contributed by atoms with Gasteiger partial charge in [-0.2, -0.15) is 0 Å². The number of methoxy groups -OCH3 is 1. The fourth-order valence-electron chi connectivity index (χ4n) is 2.92. The summed E-state index contributed by atoms with van der Waals surface area (Å²) >= 11 is 0. The zero-order valence-electron chi connectivity index (χ0n) is 11.1. The molecule has 0 saturated carbocycles. The molecule has 17 heavy (non-hydrogen) atoms. The highest BCUT2D eigenvalue weighted by atomic mass is 16.5. The predicted molar refractivity (Wildman–Crippen MR) is 71.8 cm³/mol. The number of ether oxygens (including phenoxy) is 1. The summed E-state index contributed by atoms with van der Waals surface area (Å²) in [5.74, 6) is 2.45. The van der Waals surface area contributed by atoms with Crippen molar-refractivity contribution in [1.29, 1.82) is 0 Å². The van der Waals surface area contributed by atoms with Gasteiger partial charge in [-0.25, -0.2) is 0 Å². The Kier molecular flexibility index (Phi) is 4.06. The first-order valence-electron chi connectivity index (χ1n) is 6.57. The molecule has 1 aromatic rings. The number of aryl methyl sites for hydroxylation is 1. The van der Waals surface area contributed by atoms with Crippen LogP contribution in [0.5, 0.6) is 5.75 Å². The van der Waals surface area contributed by atoms with Crippen molar-refractivity contribution in [2.24, 2.45) is 5.92 Å². The average molecular weight is 233 g/mol. The molecular formula is C15H23NO. The lowest BCUT2D eigenvalue weighted by Gasteiger charge is -2.31. The van der Waals surface area contributed by atoms with Gasteiger partial charge in [0.2, 0.25) is 0 Å². The molecule has 0 heterocycles. The van der Waals surface area contributed by atoms with Gasteiger partial charge in [-0.05, 0) is 68.0 Å². The van der Waals surface area contributed by atoms with Crippen LogP contribution in [0.2, 0.25) is 0 Å². The van der Waals surface area contributed by atoms with E-state index >= 15 is 0 Å². The van der Waals surface area contributed by atoms with Crippen LogP contribution in [0, 0.1) is 5.92 Å². The molecule has 2 rings (SSSR count). The highest BCUT2D eigenvalue weighted by molar-refractivity contribution is 5.39. The summed E-state index contributed by atoms with van der Waals surface area (Å²) in [6.07, 6.45) is 3.81. The Hall–Kier alpha value is -1.02. The molecule has 2 unspecified atom stereocenters. The van der Waals surface area contributed by atoms with Crippen molar-refractivity contribution < 1.29 is 4.74 Å². The zero-order valence-corrected chi connectivity index (χ0v) is 11.1. The lowest BCUT2D eigenvalue weighted by Crippen LogP contribution is -2.22. The van der Waals surface area contributed by atoms with Crippen LogP contribution in [0.4, 0.5) is 0 Å². The molecule has 0 spiro atoms. The Bertz CT molecular complexity index is 375. The van der Waals surface area contributed by atoms with Crippen LogP contribution in [0.15, 0.2) is 18.2 Å². The number of fused-ring (bicyclic) bond motifs is 1. The molecule has 1 aromatic carbocycles. The van der Waals surface area contributed by atoms with Crippen molar-refractivity contribution in [2.75, 3.05) is 20.7 Å². The van der Waals surface area contributed by atoms with Crippen LogP contribution in [-0.4, -0.2) is 20.7 Å². The molecule has 0 bridgehead atoms. The van der Waals surface area contributed by atoms with Crippen molar-refractivity contribution in [1.82, 2.24) is 5.32 Å². The third kappa shape index (κ3) is 2.63. The van der Waals surface area contributed by atoms with Crippen molar-refractivity contribution >= 4 is 0 Å². The maximum atomic E-state index is 5.33. The zero-order chi connectivity index (χ0) is 12.3. The minimum absolute atomic E-state index is 0.655. The van der Waals surface area contributed by atoms with E-state index < -0.39 is 0 Å². The Morgan fingerprint density at radius 2 is 2.24 bits per heavy atom. The lowest BCUT2D eigenvalue weighted by atomic mass is 9.74. The molecule has 0 saturated heterocycles. The summed E-state index contributed by atoms with van der Waals surface area (Å²) in [5.41, 5.74) is 3.01. The molecule has 0 amide bonds. The second-order valence-corrected chi connectivity index (χ2v) is 5.04. The van der Waals surface area contributed by atoms with Crippen LogP contribution in [-0.2, 0) is 6.42 Å². The normalized spacial score (nSPS) is 23.2. The molecule has 1 aliphatic carbocycles. The van der Waals surface area contributed by atoms with Gasteiger partial charge in [0.25, 0.3) is 0 Å². The van der Waals surface area contributed by atoms with Crippen molar-refractivity contribution in [3.63, 3.8) is 0 Å². The Morgan fingerprint density at radius 3 is 2.94 bits per heavy atom. The fraction of sp³-hybridized carbons (Fsp3) is 0.600. The van der Waals surface area contributed by atoms with Gasteiger partial charge in [0.15, 0.2) is 0 Å². The van der Waals surface area contributed by atoms with E-state index in [1.165, 1.54) is 30.4 Å². The van der Waals surface area contributed by atoms with E-state index in [2.05, 4.69) is 30.4 Å². The summed E-state index contributed by atoms with van der Waals surface area (Å²) in [6, 6.07) is 6.55. The van der Waals surface area contributed by atoms with Gasteiger partial charge in [0.05, 0.1) is 7.11 Å². The molecule has 2 atom stereocenters. The Labute approximate surface area is 104 Å². The Morgan fingerprint density at radius 1 is 1.41 bits per heavy atom. The van der Waals surface area contributed by atoms with E-state index in [0.717, 1.165) is 18.2 Å². The third-order valence-electron chi connectivity index (χ3n) is 4.10. The van der Waals surface area contributed by atoms with E-state index in [1.807, 2.05) is 7.05 Å². The quantitative estimate of drug-likeness (QED) is 0.863. The molecule has 2 heteroatoms. The van der Waals surface area contributed by atoms with Crippen molar-refractivity contribution in [2.45, 2.75) is 32.1 Å². The monoisotopic (exact) mass is 233 g/mol. The standard InChI is InChI=1S/C15H23NO/c1-11-12(8-9-16-2)4-5-13-6-7-14(17-3)10-15(11)13/h6-7,10-12,16H,4-5,8-9H2,1-3H3. The minimum atomic E-state index is 0.655. The maximum absolute atomic E-state index is 5.33. The number of hydrogen-bond acceptors (Lipinski definition) is 2. The van der Waals surface area contributed by atoms with E-state index in [4.69, 9.17) is 4.74 Å². The molecule has 1 N–H and O–H groups in total. The van der Waals surface area contributed by atoms with Gasteiger partial charge in [0.1, 0.15) is 5.75 Å². The second-order valence-electron chi connectivity index (χ2n) is 5.04. The van der Waals surface area contributed by atoms with Crippen LogP contribution < -0.4 is 10.1 Å². The smallest absolute Gasteiger partial charge is 0.119 e. The molecule has 0 aromatic heterocycles. The van der Waals surface area contributed by atoms with Gasteiger partial charge in [-0.15, -0.1) is 0 Å². The van der Waals surface area contributed by atoms with Crippen LogP contribution >= 0.6 is 0 Å². The number of benzene rings is 1. The van der Waals surface area contributed by atoms with Crippen molar-refractivity contribution in [3.05, 3.63) is 29.3 Å². The van der Waals surface area contributed by atoms with Crippen molar-refractivity contribution in [3.8, 4) is 5.75 Å². The first kappa shape index (κ1) is 12.4. The summed E-state index contributed by atoms with van der Waals surface area (Å²) in [7, 11) is 3.78. The summed E-state index contributed by atoms with van der Waals surface area (Å²) in [5, 5.41) is 3.26. The van der Waals surface area contributed by atoms with E-state index in [9.17, 15) is 0 Å². The summed E-state index contributed by atoms with van der Waals surface area (Å²) in [6.45, 7) is 3.48. The average Bonchev–Trinajstić information content (AvgIpc) is 2.38. The highest BCUT2D eigenvalue weighted by Gasteiger charge is 2.25. The van der Waals surface area contributed by atoms with Crippen LogP contribution in [0.25, 0.3) is 0 Å². The molecule has 94 valence electrons. The first-order chi connectivity index (χ1) is 8.26. The molecule has 0 aliphatic heterocycles. The highest BCUT2D eigenvalue weighted by Crippen LogP contribution is 2.39. The van der Waals surface area contributed by atoms with E-state index in [1.54, 1.807) is 7.11 Å². The number of rotatable bonds is 4. The van der Waals surface area contributed by atoms with Gasteiger partial charge in [-0.3, -0.25) is 0 Å². The first-order valence-corrected chi connectivity index (χ1v) is 6.57. The summed E-state index contributed by atoms with van der Waals surface area (Å²) in [4.78, 5) is 0. The summed E-state index contributed by atoms with van der Waals surface area (Å²) < 4.78 is 5.33. The molecular weight excluding hydrogens is 210 g/mol. The molecule has 2 nitrogen and oxygen atoms in total. The third-order valence-corrected chi connectivity index (χ3v) is 4.10. The molecule has 0 radical (unpaired) electrons. The largest absolute Gasteiger partial charge is 0.497 e.